The Kier molecular flexibility index (Phi) is 7.49. The molecule has 20 heavy (non-hydrogen) atoms. The maximum absolute atomic E-state index is 9.77. The lowest BCUT2D eigenvalue weighted by atomic mass is 9.89. The molecule has 2 unspecified atom stereocenters. The van der Waals surface area contributed by atoms with Crippen molar-refractivity contribution >= 4 is 0 Å². The largest absolute Gasteiger partial charge is 0.394 e. The molecule has 1 aliphatic carbocycles. The molecule has 2 atom stereocenters. The van der Waals surface area contributed by atoms with E-state index < -0.39 is 0 Å². The Morgan fingerprint density at radius 3 is 2.25 bits per heavy atom. The molecule has 0 spiro atoms. The zero-order valence-electron chi connectivity index (χ0n) is 14.3. The molecule has 0 aromatic carbocycles. The molecule has 0 aromatic rings. The summed E-state index contributed by atoms with van der Waals surface area (Å²) >= 11 is 0. The molecule has 120 valence electrons. The van der Waals surface area contributed by atoms with E-state index in [1.165, 1.54) is 32.1 Å². The normalized spacial score (nSPS) is 22.2. The predicted molar refractivity (Wildman–Crippen MR) is 87.1 cm³/mol. The molecule has 1 rings (SSSR count). The predicted octanol–water partition coefficient (Wildman–Crippen LogP) is 3.17. The molecule has 0 bridgehead atoms. The number of nitrogens with zero attached hydrogens (tertiary/aromatic N) is 1. The zero-order valence-corrected chi connectivity index (χ0v) is 14.3. The molecule has 0 radical (unpaired) electrons. The number of hydrogen-bond acceptors (Lipinski definition) is 3. The van der Waals surface area contributed by atoms with Crippen LogP contribution in [0.1, 0.15) is 73.1 Å². The van der Waals surface area contributed by atoms with Gasteiger partial charge in [0.1, 0.15) is 0 Å². The van der Waals surface area contributed by atoms with Gasteiger partial charge >= 0.3 is 0 Å². The SMILES string of the molecule is CCN(C(C)CC(C)(CO)NC(C)C)C1CCCCC1. The Balaban J connectivity index is 2.62. The Hall–Kier alpha value is -0.120. The Bertz CT molecular complexity index is 264. The molecule has 0 heterocycles. The summed E-state index contributed by atoms with van der Waals surface area (Å²) < 4.78 is 0. The summed E-state index contributed by atoms with van der Waals surface area (Å²) in [5.74, 6) is 0. The van der Waals surface area contributed by atoms with E-state index in [9.17, 15) is 5.11 Å². The van der Waals surface area contributed by atoms with E-state index in [0.717, 1.165) is 19.0 Å². The van der Waals surface area contributed by atoms with Crippen LogP contribution in [0, 0.1) is 0 Å². The van der Waals surface area contributed by atoms with Gasteiger partial charge in [0.05, 0.1) is 6.61 Å². The van der Waals surface area contributed by atoms with Crippen LogP contribution < -0.4 is 5.32 Å². The van der Waals surface area contributed by atoms with Crippen LogP contribution in [-0.4, -0.2) is 46.8 Å². The van der Waals surface area contributed by atoms with Gasteiger partial charge in [0.15, 0.2) is 0 Å². The highest BCUT2D eigenvalue weighted by molar-refractivity contribution is 4.90. The number of aliphatic hydroxyl groups is 1. The lowest BCUT2D eigenvalue weighted by Crippen LogP contribution is -2.54. The van der Waals surface area contributed by atoms with Gasteiger partial charge < -0.3 is 10.4 Å². The van der Waals surface area contributed by atoms with Gasteiger partial charge in [-0.25, -0.2) is 0 Å². The van der Waals surface area contributed by atoms with Crippen molar-refractivity contribution in [3.63, 3.8) is 0 Å². The third-order valence-electron chi connectivity index (χ3n) is 4.71. The van der Waals surface area contributed by atoms with E-state index in [1.54, 1.807) is 0 Å². The molecule has 0 aliphatic heterocycles. The average Bonchev–Trinajstić information content (AvgIpc) is 2.39. The van der Waals surface area contributed by atoms with Gasteiger partial charge in [-0.1, -0.05) is 40.0 Å². The highest BCUT2D eigenvalue weighted by atomic mass is 16.3. The lowest BCUT2D eigenvalue weighted by Gasteiger charge is -2.42. The Morgan fingerprint density at radius 2 is 1.80 bits per heavy atom. The monoisotopic (exact) mass is 284 g/mol. The highest BCUT2D eigenvalue weighted by Gasteiger charge is 2.31. The molecule has 3 nitrogen and oxygen atoms in total. The second-order valence-corrected chi connectivity index (χ2v) is 7.19. The number of rotatable bonds is 8. The fourth-order valence-electron chi connectivity index (χ4n) is 3.98. The van der Waals surface area contributed by atoms with Gasteiger partial charge in [0.2, 0.25) is 0 Å². The Morgan fingerprint density at radius 1 is 1.20 bits per heavy atom. The van der Waals surface area contributed by atoms with E-state index in [0.29, 0.717) is 12.1 Å². The van der Waals surface area contributed by atoms with Crippen molar-refractivity contribution < 1.29 is 5.11 Å². The van der Waals surface area contributed by atoms with E-state index in [1.807, 2.05) is 0 Å². The molecular formula is C17H36N2O. The molecule has 1 aliphatic rings. The van der Waals surface area contributed by atoms with Crippen LogP contribution in [0.25, 0.3) is 0 Å². The highest BCUT2D eigenvalue weighted by Crippen LogP contribution is 2.26. The minimum Gasteiger partial charge on any atom is -0.394 e. The maximum atomic E-state index is 9.77. The summed E-state index contributed by atoms with van der Waals surface area (Å²) in [6, 6.07) is 1.68. The minimum absolute atomic E-state index is 0.171. The van der Waals surface area contributed by atoms with Gasteiger partial charge in [-0.2, -0.15) is 0 Å². The van der Waals surface area contributed by atoms with E-state index in [-0.39, 0.29) is 12.1 Å². The lowest BCUT2D eigenvalue weighted by molar-refractivity contribution is 0.0731. The molecule has 1 saturated carbocycles. The quantitative estimate of drug-likeness (QED) is 0.718. The fraction of sp³-hybridized carbons (Fsp3) is 1.00. The zero-order chi connectivity index (χ0) is 15.2. The molecular weight excluding hydrogens is 248 g/mol. The van der Waals surface area contributed by atoms with E-state index in [4.69, 9.17) is 0 Å². The minimum atomic E-state index is -0.171. The van der Waals surface area contributed by atoms with Crippen molar-refractivity contribution in [2.24, 2.45) is 0 Å². The topological polar surface area (TPSA) is 35.5 Å². The van der Waals surface area contributed by atoms with Gasteiger partial charge in [0.25, 0.3) is 0 Å². The van der Waals surface area contributed by atoms with Gasteiger partial charge in [-0.15, -0.1) is 0 Å². The second kappa shape index (κ2) is 8.35. The maximum Gasteiger partial charge on any atom is 0.0611 e. The van der Waals surface area contributed by atoms with Crippen molar-refractivity contribution in [3.8, 4) is 0 Å². The van der Waals surface area contributed by atoms with Crippen LogP contribution in [0.4, 0.5) is 0 Å². The van der Waals surface area contributed by atoms with Crippen molar-refractivity contribution in [2.75, 3.05) is 13.2 Å². The summed E-state index contributed by atoms with van der Waals surface area (Å²) in [5.41, 5.74) is -0.171. The van der Waals surface area contributed by atoms with Gasteiger partial charge in [-0.05, 0) is 39.7 Å². The Labute approximate surface area is 126 Å². The molecule has 1 fully saturated rings. The first-order valence-corrected chi connectivity index (χ1v) is 8.56. The average molecular weight is 284 g/mol. The first kappa shape index (κ1) is 17.9. The third-order valence-corrected chi connectivity index (χ3v) is 4.71. The number of nitrogens with one attached hydrogen (secondary N) is 1. The van der Waals surface area contributed by atoms with Crippen LogP contribution in [-0.2, 0) is 0 Å². The smallest absolute Gasteiger partial charge is 0.0611 e. The third kappa shape index (κ3) is 5.34. The van der Waals surface area contributed by atoms with Crippen LogP contribution in [0.2, 0.25) is 0 Å². The van der Waals surface area contributed by atoms with Crippen LogP contribution in [0.5, 0.6) is 0 Å². The summed E-state index contributed by atoms with van der Waals surface area (Å²) in [6.07, 6.45) is 7.89. The summed E-state index contributed by atoms with van der Waals surface area (Å²) in [7, 11) is 0. The van der Waals surface area contributed by atoms with Crippen molar-refractivity contribution in [1.82, 2.24) is 10.2 Å². The molecule has 0 aromatic heterocycles. The first-order chi connectivity index (χ1) is 9.41. The fourth-order valence-corrected chi connectivity index (χ4v) is 3.98. The van der Waals surface area contributed by atoms with Crippen molar-refractivity contribution in [3.05, 3.63) is 0 Å². The number of hydrogen-bond donors (Lipinski definition) is 2. The number of aliphatic hydroxyl groups excluding tert-OH is 1. The van der Waals surface area contributed by atoms with E-state index >= 15 is 0 Å². The molecule has 0 amide bonds. The summed E-state index contributed by atoms with van der Waals surface area (Å²) in [5, 5.41) is 13.3. The summed E-state index contributed by atoms with van der Waals surface area (Å²) in [6.45, 7) is 12.4. The molecule has 0 saturated heterocycles. The first-order valence-electron chi connectivity index (χ1n) is 8.56. The standard InChI is InChI=1S/C17H36N2O/c1-6-19(16-10-8-7-9-11-16)15(4)12-17(5,13-20)18-14(2)3/h14-16,18,20H,6-13H2,1-5H3. The van der Waals surface area contributed by atoms with Gasteiger partial charge in [0, 0.05) is 23.7 Å². The molecule has 3 heteroatoms. The van der Waals surface area contributed by atoms with Crippen molar-refractivity contribution in [1.29, 1.82) is 0 Å². The van der Waals surface area contributed by atoms with Gasteiger partial charge in [-0.3, -0.25) is 4.90 Å². The summed E-state index contributed by atoms with van der Waals surface area (Å²) in [4.78, 5) is 2.66. The van der Waals surface area contributed by atoms with Crippen LogP contribution in [0.3, 0.4) is 0 Å². The van der Waals surface area contributed by atoms with Crippen molar-refractivity contribution in [2.45, 2.75) is 96.8 Å². The second-order valence-electron chi connectivity index (χ2n) is 7.19. The van der Waals surface area contributed by atoms with Crippen LogP contribution >= 0.6 is 0 Å². The van der Waals surface area contributed by atoms with Crippen LogP contribution in [0.15, 0.2) is 0 Å². The molecule has 2 N–H and O–H groups in total. The van der Waals surface area contributed by atoms with E-state index in [2.05, 4.69) is 44.8 Å².